The van der Waals surface area contributed by atoms with Crippen molar-refractivity contribution in [1.82, 2.24) is 4.98 Å². The van der Waals surface area contributed by atoms with Crippen LogP contribution in [0, 0.1) is 6.92 Å². The predicted octanol–water partition coefficient (Wildman–Crippen LogP) is 2.48. The summed E-state index contributed by atoms with van der Waals surface area (Å²) in [7, 11) is 0. The van der Waals surface area contributed by atoms with E-state index in [1.165, 1.54) is 18.3 Å². The van der Waals surface area contributed by atoms with Gasteiger partial charge in [0.2, 0.25) is 0 Å². The van der Waals surface area contributed by atoms with E-state index in [1.54, 1.807) is 6.20 Å². The fourth-order valence-corrected chi connectivity index (χ4v) is 1.28. The quantitative estimate of drug-likeness (QED) is 0.591. The van der Waals surface area contributed by atoms with Gasteiger partial charge in [-0.2, -0.15) is 0 Å². The average Bonchev–Trinajstić information content (AvgIpc) is 2.14. The molecule has 1 rings (SSSR count). The van der Waals surface area contributed by atoms with Gasteiger partial charge in [0, 0.05) is 6.20 Å². The molecule has 0 N–H and O–H groups in total. The summed E-state index contributed by atoms with van der Waals surface area (Å²) < 4.78 is 12.4. The van der Waals surface area contributed by atoms with E-state index >= 15 is 0 Å². The maximum absolute atomic E-state index is 12.4. The van der Waals surface area contributed by atoms with E-state index in [0.29, 0.717) is 4.88 Å². The van der Waals surface area contributed by atoms with Crippen molar-refractivity contribution in [3.05, 3.63) is 16.1 Å². The van der Waals surface area contributed by atoms with Crippen LogP contribution < -0.4 is 0 Å². The fraction of sp³-hybridized carbons (Fsp3) is 0.500. The Morgan fingerprint density at radius 3 is 2.67 bits per heavy atom. The number of halogens is 1. The van der Waals surface area contributed by atoms with Gasteiger partial charge in [0.15, 0.2) is 0 Å². The molecule has 0 fully saturated rings. The maximum atomic E-state index is 12.4. The standard InChI is InChI=1S/C6H8FNS/c1-4(7)6-3-8-5(2)9-6/h3-4H,1-2H3. The van der Waals surface area contributed by atoms with Crippen LogP contribution in [-0.4, -0.2) is 4.98 Å². The fourth-order valence-electron chi connectivity index (χ4n) is 0.562. The molecule has 0 saturated carbocycles. The first-order valence-corrected chi connectivity index (χ1v) is 3.58. The molecule has 0 bridgehead atoms. The highest BCUT2D eigenvalue weighted by atomic mass is 32.1. The van der Waals surface area contributed by atoms with Gasteiger partial charge in [0.25, 0.3) is 0 Å². The third-order valence-corrected chi connectivity index (χ3v) is 2.10. The molecule has 0 aliphatic heterocycles. The smallest absolute Gasteiger partial charge is 0.133 e. The molecule has 0 aliphatic rings. The van der Waals surface area contributed by atoms with Crippen LogP contribution in [0.15, 0.2) is 6.20 Å². The van der Waals surface area contributed by atoms with Crippen molar-refractivity contribution in [3.63, 3.8) is 0 Å². The third kappa shape index (κ3) is 1.48. The molecule has 1 nitrogen and oxygen atoms in total. The topological polar surface area (TPSA) is 12.9 Å². The molecule has 0 radical (unpaired) electrons. The molecule has 3 heteroatoms. The van der Waals surface area contributed by atoms with Gasteiger partial charge >= 0.3 is 0 Å². The second-order valence-corrected chi connectivity index (χ2v) is 3.16. The largest absolute Gasteiger partial charge is 0.250 e. The molecular formula is C6H8FNS. The molecule has 50 valence electrons. The molecule has 9 heavy (non-hydrogen) atoms. The Labute approximate surface area is 57.6 Å². The van der Waals surface area contributed by atoms with Crippen LogP contribution >= 0.6 is 11.3 Å². The van der Waals surface area contributed by atoms with Crippen molar-refractivity contribution in [1.29, 1.82) is 0 Å². The average molecular weight is 145 g/mol. The minimum Gasteiger partial charge on any atom is -0.250 e. The minimum atomic E-state index is -0.865. The van der Waals surface area contributed by atoms with Crippen molar-refractivity contribution in [2.24, 2.45) is 0 Å². The second-order valence-electron chi connectivity index (χ2n) is 1.90. The number of aromatic nitrogens is 1. The molecule has 1 unspecified atom stereocenters. The van der Waals surface area contributed by atoms with Gasteiger partial charge in [-0.3, -0.25) is 0 Å². The van der Waals surface area contributed by atoms with E-state index in [2.05, 4.69) is 4.98 Å². The van der Waals surface area contributed by atoms with E-state index in [1.807, 2.05) is 6.92 Å². The Hall–Kier alpha value is -0.440. The molecule has 0 spiro atoms. The lowest BCUT2D eigenvalue weighted by Gasteiger charge is -1.90. The molecule has 1 heterocycles. The molecule has 0 aliphatic carbocycles. The summed E-state index contributed by atoms with van der Waals surface area (Å²) in [4.78, 5) is 4.63. The first-order valence-electron chi connectivity index (χ1n) is 2.76. The molecule has 0 amide bonds. The van der Waals surface area contributed by atoms with Gasteiger partial charge in [0.05, 0.1) is 9.88 Å². The Balaban J connectivity index is 2.85. The SMILES string of the molecule is Cc1ncc(C(C)F)s1. The van der Waals surface area contributed by atoms with Gasteiger partial charge in [-0.25, -0.2) is 9.37 Å². The molecule has 1 aromatic rings. The van der Waals surface area contributed by atoms with Crippen molar-refractivity contribution in [2.45, 2.75) is 20.0 Å². The summed E-state index contributed by atoms with van der Waals surface area (Å²) in [6.45, 7) is 3.39. The van der Waals surface area contributed by atoms with E-state index in [-0.39, 0.29) is 0 Å². The molecule has 0 aromatic carbocycles. The number of alkyl halides is 1. The Kier molecular flexibility index (Phi) is 1.81. The normalized spacial score (nSPS) is 13.7. The van der Waals surface area contributed by atoms with Crippen molar-refractivity contribution in [2.75, 3.05) is 0 Å². The number of nitrogens with zero attached hydrogens (tertiary/aromatic N) is 1. The lowest BCUT2D eigenvalue weighted by Crippen LogP contribution is -1.75. The van der Waals surface area contributed by atoms with Crippen LogP contribution in [-0.2, 0) is 0 Å². The molecule has 0 saturated heterocycles. The van der Waals surface area contributed by atoms with Crippen molar-refractivity contribution >= 4 is 11.3 Å². The monoisotopic (exact) mass is 145 g/mol. The predicted molar refractivity (Wildman–Crippen MR) is 36.4 cm³/mol. The second kappa shape index (κ2) is 2.43. The maximum Gasteiger partial charge on any atom is 0.133 e. The zero-order valence-corrected chi connectivity index (χ0v) is 6.20. The lowest BCUT2D eigenvalue weighted by atomic mass is 10.4. The van der Waals surface area contributed by atoms with E-state index < -0.39 is 6.17 Å². The van der Waals surface area contributed by atoms with Gasteiger partial charge in [0.1, 0.15) is 6.17 Å². The first-order chi connectivity index (χ1) is 4.20. The summed E-state index contributed by atoms with van der Waals surface area (Å²) in [6.07, 6.45) is 0.723. The van der Waals surface area contributed by atoms with Crippen LogP contribution in [0.5, 0.6) is 0 Å². The van der Waals surface area contributed by atoms with Crippen LogP contribution in [0.25, 0.3) is 0 Å². The molecule has 1 aromatic heterocycles. The van der Waals surface area contributed by atoms with Crippen LogP contribution in [0.4, 0.5) is 4.39 Å². The van der Waals surface area contributed by atoms with E-state index in [9.17, 15) is 4.39 Å². The minimum absolute atomic E-state index is 0.715. The van der Waals surface area contributed by atoms with Gasteiger partial charge < -0.3 is 0 Å². The molecule has 1 atom stereocenters. The third-order valence-electron chi connectivity index (χ3n) is 1.03. The number of thiazole rings is 1. The van der Waals surface area contributed by atoms with Crippen molar-refractivity contribution in [3.8, 4) is 0 Å². The van der Waals surface area contributed by atoms with Crippen LogP contribution in [0.1, 0.15) is 23.0 Å². The zero-order valence-electron chi connectivity index (χ0n) is 5.39. The number of rotatable bonds is 1. The van der Waals surface area contributed by atoms with Crippen molar-refractivity contribution < 1.29 is 4.39 Å². The highest BCUT2D eigenvalue weighted by Gasteiger charge is 2.04. The Morgan fingerprint density at radius 2 is 2.44 bits per heavy atom. The molecular weight excluding hydrogens is 137 g/mol. The van der Waals surface area contributed by atoms with Gasteiger partial charge in [-0.05, 0) is 13.8 Å². The summed E-state index contributed by atoms with van der Waals surface area (Å²) >= 11 is 1.41. The van der Waals surface area contributed by atoms with Gasteiger partial charge in [-0.1, -0.05) is 0 Å². The summed E-state index contributed by atoms with van der Waals surface area (Å²) in [5.41, 5.74) is 0. The lowest BCUT2D eigenvalue weighted by molar-refractivity contribution is 0.380. The summed E-state index contributed by atoms with van der Waals surface area (Å²) in [6, 6.07) is 0. The first kappa shape index (κ1) is 6.68. The number of hydrogen-bond acceptors (Lipinski definition) is 2. The highest BCUT2D eigenvalue weighted by molar-refractivity contribution is 7.11. The van der Waals surface area contributed by atoms with Crippen LogP contribution in [0.3, 0.4) is 0 Å². The van der Waals surface area contributed by atoms with E-state index in [4.69, 9.17) is 0 Å². The van der Waals surface area contributed by atoms with Crippen LogP contribution in [0.2, 0.25) is 0 Å². The Morgan fingerprint density at radius 1 is 1.78 bits per heavy atom. The zero-order chi connectivity index (χ0) is 6.85. The number of hydrogen-bond donors (Lipinski definition) is 0. The summed E-state index contributed by atoms with van der Waals surface area (Å²) in [5.74, 6) is 0. The van der Waals surface area contributed by atoms with E-state index in [0.717, 1.165) is 5.01 Å². The number of aryl methyl sites for hydroxylation is 1. The highest BCUT2D eigenvalue weighted by Crippen LogP contribution is 2.22. The Bertz CT molecular complexity index is 195. The van der Waals surface area contributed by atoms with Gasteiger partial charge in [-0.15, -0.1) is 11.3 Å². The summed E-state index contributed by atoms with van der Waals surface area (Å²) in [5, 5.41) is 0.925.